The highest BCUT2D eigenvalue weighted by molar-refractivity contribution is 7.91. The molecular weight excluding hydrogens is 442 g/mol. The highest BCUT2D eigenvalue weighted by atomic mass is 32.2. The molecule has 8 heteroatoms. The summed E-state index contributed by atoms with van der Waals surface area (Å²) < 4.78 is 27.4. The van der Waals surface area contributed by atoms with Crippen LogP contribution in [-0.2, 0) is 10.0 Å². The Morgan fingerprint density at radius 1 is 0.875 bits per heavy atom. The fourth-order valence-electron chi connectivity index (χ4n) is 3.95. The van der Waals surface area contributed by atoms with Gasteiger partial charge in [0.25, 0.3) is 15.9 Å². The lowest BCUT2D eigenvalue weighted by molar-refractivity contribution is 0.0700. The number of carbonyl (C=O) groups is 1. The molecule has 0 bridgehead atoms. The van der Waals surface area contributed by atoms with Crippen molar-refractivity contribution in [2.45, 2.75) is 4.21 Å². The average molecular weight is 464 g/mol. The van der Waals surface area contributed by atoms with E-state index in [-0.39, 0.29) is 19.0 Å². The summed E-state index contributed by atoms with van der Waals surface area (Å²) in [6, 6.07) is 22.6. The SMILES string of the molecule is O=C(c1cc(-c2ccccc2)nc2ccccc12)N1CCN(S(=O)(=O)c2cccs2)CC1. The van der Waals surface area contributed by atoms with E-state index in [0.717, 1.165) is 22.2 Å². The van der Waals surface area contributed by atoms with Crippen molar-refractivity contribution in [3.05, 3.63) is 83.7 Å². The van der Waals surface area contributed by atoms with E-state index in [1.54, 1.807) is 22.4 Å². The molecule has 32 heavy (non-hydrogen) atoms. The molecule has 1 fully saturated rings. The van der Waals surface area contributed by atoms with Crippen LogP contribution in [-0.4, -0.2) is 54.7 Å². The summed E-state index contributed by atoms with van der Waals surface area (Å²) in [7, 11) is -3.51. The number of aromatic nitrogens is 1. The van der Waals surface area contributed by atoms with Gasteiger partial charge < -0.3 is 4.90 Å². The first-order valence-corrected chi connectivity index (χ1v) is 12.6. The summed E-state index contributed by atoms with van der Waals surface area (Å²) in [5.74, 6) is -0.103. The number of pyridine rings is 1. The van der Waals surface area contributed by atoms with E-state index < -0.39 is 10.0 Å². The van der Waals surface area contributed by atoms with Crippen molar-refractivity contribution in [1.82, 2.24) is 14.2 Å². The number of hydrogen-bond acceptors (Lipinski definition) is 5. The molecular formula is C24H21N3O3S2. The number of hydrogen-bond donors (Lipinski definition) is 0. The molecule has 1 saturated heterocycles. The third-order valence-electron chi connectivity index (χ3n) is 5.63. The number of sulfonamides is 1. The molecule has 162 valence electrons. The van der Waals surface area contributed by atoms with Gasteiger partial charge in [0, 0.05) is 37.1 Å². The molecule has 0 N–H and O–H groups in total. The van der Waals surface area contributed by atoms with Crippen LogP contribution in [0.2, 0.25) is 0 Å². The topological polar surface area (TPSA) is 70.6 Å². The maximum atomic E-state index is 13.5. The summed E-state index contributed by atoms with van der Waals surface area (Å²) in [4.78, 5) is 20.0. The van der Waals surface area contributed by atoms with Crippen LogP contribution in [0, 0.1) is 0 Å². The molecule has 0 spiro atoms. The van der Waals surface area contributed by atoms with E-state index in [4.69, 9.17) is 4.98 Å². The zero-order valence-corrected chi connectivity index (χ0v) is 18.8. The molecule has 0 saturated carbocycles. The molecule has 1 aliphatic rings. The van der Waals surface area contributed by atoms with Gasteiger partial charge in [-0.15, -0.1) is 11.3 Å². The quantitative estimate of drug-likeness (QED) is 0.457. The van der Waals surface area contributed by atoms with E-state index in [0.29, 0.717) is 22.9 Å². The first-order chi connectivity index (χ1) is 15.5. The normalized spacial score (nSPS) is 15.2. The molecule has 1 amide bonds. The van der Waals surface area contributed by atoms with Crippen LogP contribution in [0.5, 0.6) is 0 Å². The zero-order chi connectivity index (χ0) is 22.1. The maximum absolute atomic E-state index is 13.5. The number of thiophene rings is 1. The molecule has 2 aromatic carbocycles. The summed E-state index contributed by atoms with van der Waals surface area (Å²) in [5.41, 5.74) is 3.03. The van der Waals surface area contributed by atoms with Gasteiger partial charge in [0.1, 0.15) is 4.21 Å². The van der Waals surface area contributed by atoms with Crippen LogP contribution >= 0.6 is 11.3 Å². The first kappa shape index (κ1) is 20.8. The van der Waals surface area contributed by atoms with Gasteiger partial charge in [-0.2, -0.15) is 4.31 Å². The molecule has 1 aliphatic heterocycles. The van der Waals surface area contributed by atoms with E-state index in [9.17, 15) is 13.2 Å². The summed E-state index contributed by atoms with van der Waals surface area (Å²) in [5, 5.41) is 2.55. The number of piperazine rings is 1. The molecule has 4 aromatic rings. The number of rotatable bonds is 4. The maximum Gasteiger partial charge on any atom is 0.254 e. The van der Waals surface area contributed by atoms with Gasteiger partial charge in [0.05, 0.1) is 16.8 Å². The van der Waals surface area contributed by atoms with Crippen LogP contribution in [0.25, 0.3) is 22.2 Å². The number of carbonyl (C=O) groups excluding carboxylic acids is 1. The lowest BCUT2D eigenvalue weighted by Gasteiger charge is -2.34. The summed E-state index contributed by atoms with van der Waals surface area (Å²) >= 11 is 1.21. The lowest BCUT2D eigenvalue weighted by atomic mass is 10.0. The van der Waals surface area contributed by atoms with E-state index in [1.165, 1.54) is 15.6 Å². The first-order valence-electron chi connectivity index (χ1n) is 10.3. The second kappa shape index (κ2) is 8.46. The second-order valence-corrected chi connectivity index (χ2v) is 10.7. The van der Waals surface area contributed by atoms with Crippen LogP contribution in [0.1, 0.15) is 10.4 Å². The number of benzene rings is 2. The third kappa shape index (κ3) is 3.81. The van der Waals surface area contributed by atoms with E-state index >= 15 is 0 Å². The highest BCUT2D eigenvalue weighted by Gasteiger charge is 2.31. The Morgan fingerprint density at radius 2 is 1.59 bits per heavy atom. The van der Waals surface area contributed by atoms with Crippen LogP contribution in [0.15, 0.2) is 82.4 Å². The average Bonchev–Trinajstić information content (AvgIpc) is 3.40. The minimum atomic E-state index is -3.51. The monoisotopic (exact) mass is 463 g/mol. The van der Waals surface area contributed by atoms with Gasteiger partial charge >= 0.3 is 0 Å². The van der Waals surface area contributed by atoms with Gasteiger partial charge in [0.15, 0.2) is 0 Å². The largest absolute Gasteiger partial charge is 0.336 e. The van der Waals surface area contributed by atoms with Gasteiger partial charge in [-0.1, -0.05) is 54.6 Å². The van der Waals surface area contributed by atoms with Crippen LogP contribution < -0.4 is 0 Å². The Bertz CT molecular complexity index is 1360. The predicted octanol–water partition coefficient (Wildman–Crippen LogP) is 4.11. The van der Waals surface area contributed by atoms with E-state index in [1.807, 2.05) is 60.7 Å². The molecule has 0 radical (unpaired) electrons. The summed E-state index contributed by atoms with van der Waals surface area (Å²) in [6.45, 7) is 1.25. The van der Waals surface area contributed by atoms with Gasteiger partial charge in [-0.05, 0) is 23.6 Å². The van der Waals surface area contributed by atoms with Gasteiger partial charge in [-0.3, -0.25) is 4.79 Å². The Morgan fingerprint density at radius 3 is 2.31 bits per heavy atom. The van der Waals surface area contributed by atoms with Crippen molar-refractivity contribution in [1.29, 1.82) is 0 Å². The molecule has 6 nitrogen and oxygen atoms in total. The molecule has 3 heterocycles. The number of nitrogens with zero attached hydrogens (tertiary/aromatic N) is 3. The molecule has 0 atom stereocenters. The molecule has 2 aromatic heterocycles. The third-order valence-corrected chi connectivity index (χ3v) is 8.90. The fraction of sp³-hybridized carbons (Fsp3) is 0.167. The highest BCUT2D eigenvalue weighted by Crippen LogP contribution is 2.27. The van der Waals surface area contributed by atoms with Crippen molar-refractivity contribution in [3.63, 3.8) is 0 Å². The Labute approximate surface area is 190 Å². The predicted molar refractivity (Wildman–Crippen MR) is 126 cm³/mol. The van der Waals surface area contributed by atoms with Crippen molar-refractivity contribution >= 4 is 38.2 Å². The number of para-hydroxylation sites is 1. The smallest absolute Gasteiger partial charge is 0.254 e. The Balaban J connectivity index is 1.43. The zero-order valence-electron chi connectivity index (χ0n) is 17.2. The Kier molecular flexibility index (Phi) is 5.50. The van der Waals surface area contributed by atoms with Crippen molar-refractivity contribution in [2.24, 2.45) is 0 Å². The summed E-state index contributed by atoms with van der Waals surface area (Å²) in [6.07, 6.45) is 0. The van der Waals surface area contributed by atoms with E-state index in [2.05, 4.69) is 0 Å². The Hall–Kier alpha value is -3.07. The molecule has 0 unspecified atom stereocenters. The second-order valence-electron chi connectivity index (χ2n) is 7.57. The molecule has 0 aliphatic carbocycles. The number of fused-ring (bicyclic) bond motifs is 1. The minimum Gasteiger partial charge on any atom is -0.336 e. The standard InChI is InChI=1S/C24H21N3O3S2/c28-24(26-12-14-27(15-13-26)32(29,30)23-11-6-16-31-23)20-17-22(18-7-2-1-3-8-18)25-21-10-5-4-9-19(20)21/h1-11,16-17H,12-15H2. The minimum absolute atomic E-state index is 0.103. The van der Waals surface area contributed by atoms with Crippen LogP contribution in [0.3, 0.4) is 0 Å². The van der Waals surface area contributed by atoms with Crippen molar-refractivity contribution in [3.8, 4) is 11.3 Å². The lowest BCUT2D eigenvalue weighted by Crippen LogP contribution is -2.50. The van der Waals surface area contributed by atoms with Gasteiger partial charge in [0.2, 0.25) is 0 Å². The fourth-order valence-corrected chi connectivity index (χ4v) is 6.52. The van der Waals surface area contributed by atoms with Crippen molar-refractivity contribution in [2.75, 3.05) is 26.2 Å². The van der Waals surface area contributed by atoms with Crippen LogP contribution in [0.4, 0.5) is 0 Å². The number of amides is 1. The van der Waals surface area contributed by atoms with Crippen molar-refractivity contribution < 1.29 is 13.2 Å². The van der Waals surface area contributed by atoms with Gasteiger partial charge in [-0.25, -0.2) is 13.4 Å². The molecule has 5 rings (SSSR count).